The minimum atomic E-state index is 0.471. The van der Waals surface area contributed by atoms with Gasteiger partial charge in [-0.3, -0.25) is 0 Å². The van der Waals surface area contributed by atoms with Gasteiger partial charge >= 0.3 is 0 Å². The van der Waals surface area contributed by atoms with Crippen molar-refractivity contribution in [3.05, 3.63) is 75.7 Å². The lowest BCUT2D eigenvalue weighted by Crippen LogP contribution is -1.97. The number of benzene rings is 2. The molecule has 1 heterocycles. The number of aromatic nitrogens is 1. The largest absolute Gasteiger partial charge is 0.493 e. The molecule has 1 fully saturated rings. The van der Waals surface area contributed by atoms with Gasteiger partial charge in [0.05, 0.1) is 18.4 Å². The van der Waals surface area contributed by atoms with E-state index < -0.39 is 0 Å². The first kappa shape index (κ1) is 18.3. The molecule has 0 spiro atoms. The molecule has 0 unspecified atom stereocenters. The van der Waals surface area contributed by atoms with Gasteiger partial charge in [-0.15, -0.1) is 11.3 Å². The summed E-state index contributed by atoms with van der Waals surface area (Å²) in [4.78, 5) is 4.63. The molecule has 3 aromatic rings. The standard InChI is InChI=1S/C23H20N2O2S/c1-26-22-12-17(7-10-21(22)27-14-16-5-3-2-4-6-16)11-19(13-24)23-25-20(15-28-23)18-8-9-18/h2-7,10-12,15,18H,8-9,14H2,1H3. The van der Waals surface area contributed by atoms with Gasteiger partial charge in [0, 0.05) is 11.3 Å². The molecule has 0 bridgehead atoms. The van der Waals surface area contributed by atoms with Crippen LogP contribution in [-0.4, -0.2) is 12.1 Å². The molecule has 0 saturated heterocycles. The molecule has 140 valence electrons. The summed E-state index contributed by atoms with van der Waals surface area (Å²) >= 11 is 1.53. The minimum Gasteiger partial charge on any atom is -0.493 e. The zero-order valence-electron chi connectivity index (χ0n) is 15.6. The molecule has 0 atom stereocenters. The van der Waals surface area contributed by atoms with E-state index in [0.717, 1.165) is 21.8 Å². The molecule has 1 saturated carbocycles. The summed E-state index contributed by atoms with van der Waals surface area (Å²) in [6.45, 7) is 0.471. The zero-order chi connectivity index (χ0) is 19.3. The molecule has 0 N–H and O–H groups in total. The number of hydrogen-bond donors (Lipinski definition) is 0. The fraction of sp³-hybridized carbons (Fsp3) is 0.217. The Labute approximate surface area is 168 Å². The molecule has 1 aliphatic carbocycles. The summed E-state index contributed by atoms with van der Waals surface area (Å²) in [6.07, 6.45) is 4.26. The Balaban J connectivity index is 1.53. The molecule has 1 aromatic heterocycles. The number of hydrogen-bond acceptors (Lipinski definition) is 5. The van der Waals surface area contributed by atoms with Crippen molar-refractivity contribution in [1.82, 2.24) is 4.98 Å². The van der Waals surface area contributed by atoms with Gasteiger partial charge in [-0.05, 0) is 42.2 Å². The number of nitriles is 1. The van der Waals surface area contributed by atoms with Crippen LogP contribution in [-0.2, 0) is 6.61 Å². The second-order valence-corrected chi connectivity index (χ2v) is 7.56. The van der Waals surface area contributed by atoms with Crippen molar-refractivity contribution in [2.75, 3.05) is 7.11 Å². The summed E-state index contributed by atoms with van der Waals surface area (Å²) in [5.74, 6) is 1.90. The van der Waals surface area contributed by atoms with E-state index in [4.69, 9.17) is 9.47 Å². The fourth-order valence-electron chi connectivity index (χ4n) is 2.91. The molecule has 4 rings (SSSR count). The van der Waals surface area contributed by atoms with Crippen LogP contribution in [0.15, 0.2) is 53.9 Å². The Kier molecular flexibility index (Phi) is 5.41. The van der Waals surface area contributed by atoms with Crippen LogP contribution in [0.3, 0.4) is 0 Å². The maximum atomic E-state index is 9.59. The maximum Gasteiger partial charge on any atom is 0.161 e. The summed E-state index contributed by atoms with van der Waals surface area (Å²) in [5, 5.41) is 12.4. The highest BCUT2D eigenvalue weighted by Gasteiger charge is 2.26. The van der Waals surface area contributed by atoms with Crippen LogP contribution in [0.25, 0.3) is 11.6 Å². The van der Waals surface area contributed by atoms with Crippen LogP contribution in [0.2, 0.25) is 0 Å². The van der Waals surface area contributed by atoms with Crippen molar-refractivity contribution < 1.29 is 9.47 Å². The van der Waals surface area contributed by atoms with E-state index in [9.17, 15) is 5.26 Å². The molecule has 0 radical (unpaired) electrons. The molecular weight excluding hydrogens is 368 g/mol. The Morgan fingerprint density at radius 2 is 2.04 bits per heavy atom. The van der Waals surface area contributed by atoms with Crippen LogP contribution in [0.1, 0.15) is 40.6 Å². The van der Waals surface area contributed by atoms with Crippen LogP contribution < -0.4 is 9.47 Å². The molecule has 0 aliphatic heterocycles. The van der Waals surface area contributed by atoms with Gasteiger partial charge in [0.1, 0.15) is 17.7 Å². The van der Waals surface area contributed by atoms with Gasteiger partial charge < -0.3 is 9.47 Å². The number of nitrogens with zero attached hydrogens (tertiary/aromatic N) is 2. The average Bonchev–Trinajstić information content (AvgIpc) is 3.48. The Morgan fingerprint density at radius 3 is 2.75 bits per heavy atom. The highest BCUT2D eigenvalue weighted by molar-refractivity contribution is 7.11. The van der Waals surface area contributed by atoms with Crippen molar-refractivity contribution >= 4 is 23.0 Å². The first-order valence-electron chi connectivity index (χ1n) is 9.19. The average molecular weight is 388 g/mol. The van der Waals surface area contributed by atoms with E-state index in [0.29, 0.717) is 29.6 Å². The highest BCUT2D eigenvalue weighted by Crippen LogP contribution is 2.41. The summed E-state index contributed by atoms with van der Waals surface area (Å²) in [6, 6.07) is 18.0. The number of methoxy groups -OCH3 is 1. The molecule has 5 heteroatoms. The van der Waals surface area contributed by atoms with Gasteiger partial charge in [0.2, 0.25) is 0 Å². The predicted molar refractivity (Wildman–Crippen MR) is 111 cm³/mol. The van der Waals surface area contributed by atoms with Gasteiger partial charge in [0.25, 0.3) is 0 Å². The normalized spacial score (nSPS) is 13.8. The van der Waals surface area contributed by atoms with Crippen LogP contribution >= 0.6 is 11.3 Å². The summed E-state index contributed by atoms with van der Waals surface area (Å²) in [7, 11) is 1.62. The SMILES string of the molecule is COc1cc(C=C(C#N)c2nc(C3CC3)cs2)ccc1OCc1ccccc1. The van der Waals surface area contributed by atoms with Crippen molar-refractivity contribution in [1.29, 1.82) is 5.26 Å². The van der Waals surface area contributed by atoms with Crippen molar-refractivity contribution in [2.45, 2.75) is 25.4 Å². The second-order valence-electron chi connectivity index (χ2n) is 6.71. The van der Waals surface area contributed by atoms with E-state index in [2.05, 4.69) is 16.4 Å². The lowest BCUT2D eigenvalue weighted by molar-refractivity contribution is 0.284. The first-order chi connectivity index (χ1) is 13.8. The zero-order valence-corrected chi connectivity index (χ0v) is 16.4. The van der Waals surface area contributed by atoms with Crippen molar-refractivity contribution in [3.8, 4) is 17.6 Å². The molecule has 2 aromatic carbocycles. The third kappa shape index (κ3) is 4.24. The quantitative estimate of drug-likeness (QED) is 0.489. The van der Waals surface area contributed by atoms with Gasteiger partial charge in [-0.2, -0.15) is 5.26 Å². The van der Waals surface area contributed by atoms with Crippen LogP contribution in [0.5, 0.6) is 11.5 Å². The lowest BCUT2D eigenvalue weighted by atomic mass is 10.1. The third-order valence-corrected chi connectivity index (χ3v) is 5.50. The first-order valence-corrected chi connectivity index (χ1v) is 10.1. The van der Waals surface area contributed by atoms with E-state index in [1.54, 1.807) is 7.11 Å². The number of thiazole rings is 1. The monoisotopic (exact) mass is 388 g/mol. The smallest absolute Gasteiger partial charge is 0.161 e. The molecule has 0 amide bonds. The van der Waals surface area contributed by atoms with Crippen LogP contribution in [0.4, 0.5) is 0 Å². The fourth-order valence-corrected chi connectivity index (χ4v) is 3.78. The topological polar surface area (TPSA) is 55.1 Å². The van der Waals surface area contributed by atoms with Crippen LogP contribution in [0, 0.1) is 11.3 Å². The van der Waals surface area contributed by atoms with Crippen molar-refractivity contribution in [3.63, 3.8) is 0 Å². The third-order valence-electron chi connectivity index (χ3n) is 4.60. The molecule has 28 heavy (non-hydrogen) atoms. The van der Waals surface area contributed by atoms with E-state index in [1.165, 1.54) is 24.2 Å². The van der Waals surface area contributed by atoms with E-state index in [-0.39, 0.29) is 0 Å². The van der Waals surface area contributed by atoms with E-state index >= 15 is 0 Å². The van der Waals surface area contributed by atoms with Gasteiger partial charge in [-0.1, -0.05) is 36.4 Å². The molecular formula is C23H20N2O2S. The highest BCUT2D eigenvalue weighted by atomic mass is 32.1. The molecule has 1 aliphatic rings. The summed E-state index contributed by atoms with van der Waals surface area (Å²) < 4.78 is 11.4. The Morgan fingerprint density at radius 1 is 1.21 bits per heavy atom. The van der Waals surface area contributed by atoms with Gasteiger partial charge in [-0.25, -0.2) is 4.98 Å². The van der Waals surface area contributed by atoms with E-state index in [1.807, 2.05) is 54.6 Å². The summed E-state index contributed by atoms with van der Waals surface area (Å²) in [5.41, 5.74) is 3.65. The lowest BCUT2D eigenvalue weighted by Gasteiger charge is -2.11. The maximum absolute atomic E-state index is 9.59. The molecule has 4 nitrogen and oxygen atoms in total. The van der Waals surface area contributed by atoms with Crippen molar-refractivity contribution in [2.24, 2.45) is 0 Å². The number of rotatable bonds is 7. The minimum absolute atomic E-state index is 0.471. The Bertz CT molecular complexity index is 1030. The van der Waals surface area contributed by atoms with Gasteiger partial charge in [0.15, 0.2) is 11.5 Å². The second kappa shape index (κ2) is 8.28. The number of allylic oxidation sites excluding steroid dienone is 1. The predicted octanol–water partition coefficient (Wildman–Crippen LogP) is 5.67. The number of ether oxygens (including phenoxy) is 2. The Hall–Kier alpha value is -3.10.